The van der Waals surface area contributed by atoms with Gasteiger partial charge in [-0.15, -0.1) is 9.50 Å². The first-order valence-electron chi connectivity index (χ1n) is 5.15. The van der Waals surface area contributed by atoms with E-state index in [2.05, 4.69) is 17.0 Å². The van der Waals surface area contributed by atoms with E-state index in [0.717, 1.165) is 30.1 Å². The Kier molecular flexibility index (Phi) is 3.70. The zero-order valence-electron chi connectivity index (χ0n) is 9.74. The third kappa shape index (κ3) is 1.95. The lowest BCUT2D eigenvalue weighted by Gasteiger charge is -1.97. The van der Waals surface area contributed by atoms with Crippen LogP contribution in [0, 0.1) is 13.8 Å². The van der Waals surface area contributed by atoms with E-state index in [9.17, 15) is 0 Å². The van der Waals surface area contributed by atoms with E-state index in [1.807, 2.05) is 24.5 Å². The SMILES string of the molecule is CCC[n+]1c(N)nn2c(C)cc(C)nc21.[Cl-]. The number of rotatable bonds is 2. The highest BCUT2D eigenvalue weighted by Gasteiger charge is 2.18. The monoisotopic (exact) mass is 241 g/mol. The van der Waals surface area contributed by atoms with Gasteiger partial charge in [0.25, 0.3) is 0 Å². The molecule has 0 aromatic carbocycles. The van der Waals surface area contributed by atoms with Crippen molar-refractivity contribution in [3.05, 3.63) is 17.5 Å². The lowest BCUT2D eigenvalue weighted by atomic mass is 10.3. The van der Waals surface area contributed by atoms with Gasteiger partial charge in [-0.3, -0.25) is 0 Å². The lowest BCUT2D eigenvalue weighted by molar-refractivity contribution is -0.660. The van der Waals surface area contributed by atoms with Gasteiger partial charge in [0.05, 0.1) is 17.9 Å². The highest BCUT2D eigenvalue weighted by molar-refractivity contribution is 5.28. The number of aromatic nitrogens is 4. The van der Waals surface area contributed by atoms with Crippen LogP contribution in [0.4, 0.5) is 5.95 Å². The van der Waals surface area contributed by atoms with E-state index in [-0.39, 0.29) is 12.4 Å². The van der Waals surface area contributed by atoms with E-state index in [1.165, 1.54) is 0 Å². The topological polar surface area (TPSA) is 60.1 Å². The summed E-state index contributed by atoms with van der Waals surface area (Å²) in [6.07, 6.45) is 1.02. The zero-order valence-corrected chi connectivity index (χ0v) is 10.5. The van der Waals surface area contributed by atoms with Crippen molar-refractivity contribution in [3.63, 3.8) is 0 Å². The molecule has 0 saturated carbocycles. The summed E-state index contributed by atoms with van der Waals surface area (Å²) in [7, 11) is 0. The van der Waals surface area contributed by atoms with Gasteiger partial charge in [-0.2, -0.15) is 0 Å². The quantitative estimate of drug-likeness (QED) is 0.598. The van der Waals surface area contributed by atoms with Crippen molar-refractivity contribution >= 4 is 11.7 Å². The Hall–Kier alpha value is -1.36. The second-order valence-corrected chi connectivity index (χ2v) is 3.76. The van der Waals surface area contributed by atoms with Gasteiger partial charge in [0.1, 0.15) is 0 Å². The average molecular weight is 242 g/mol. The van der Waals surface area contributed by atoms with Gasteiger partial charge >= 0.3 is 11.7 Å². The van der Waals surface area contributed by atoms with Crippen molar-refractivity contribution in [2.24, 2.45) is 0 Å². The van der Waals surface area contributed by atoms with Crippen LogP contribution < -0.4 is 22.7 Å². The summed E-state index contributed by atoms with van der Waals surface area (Å²) in [5, 5.41) is 4.27. The predicted molar refractivity (Wildman–Crippen MR) is 57.4 cm³/mol. The Labute approximate surface area is 101 Å². The predicted octanol–water partition coefficient (Wildman–Crippen LogP) is -2.37. The Morgan fingerprint density at radius 1 is 1.44 bits per heavy atom. The first-order chi connectivity index (χ1) is 7.13. The molecule has 0 unspecified atom stereocenters. The van der Waals surface area contributed by atoms with Crippen molar-refractivity contribution in [2.45, 2.75) is 33.7 Å². The summed E-state index contributed by atoms with van der Waals surface area (Å²) in [5.74, 6) is 1.35. The molecule has 0 bridgehead atoms. The first-order valence-corrected chi connectivity index (χ1v) is 5.15. The minimum absolute atomic E-state index is 0. The van der Waals surface area contributed by atoms with Crippen LogP contribution in [0.3, 0.4) is 0 Å². The highest BCUT2D eigenvalue weighted by Crippen LogP contribution is 2.04. The van der Waals surface area contributed by atoms with Crippen LogP contribution >= 0.6 is 0 Å². The fourth-order valence-electron chi connectivity index (χ4n) is 1.75. The molecule has 0 aliphatic carbocycles. The van der Waals surface area contributed by atoms with Crippen LogP contribution in [0.5, 0.6) is 0 Å². The van der Waals surface area contributed by atoms with Crippen LogP contribution in [0.1, 0.15) is 24.7 Å². The van der Waals surface area contributed by atoms with Crippen LogP contribution in [0.25, 0.3) is 5.78 Å². The molecule has 0 atom stereocenters. The maximum atomic E-state index is 5.85. The molecule has 2 heterocycles. The van der Waals surface area contributed by atoms with Gasteiger partial charge in [-0.1, -0.05) is 6.92 Å². The first kappa shape index (κ1) is 12.7. The second-order valence-electron chi connectivity index (χ2n) is 3.76. The average Bonchev–Trinajstić information content (AvgIpc) is 2.46. The van der Waals surface area contributed by atoms with Gasteiger partial charge in [0, 0.05) is 11.2 Å². The molecule has 2 aromatic rings. The Morgan fingerprint density at radius 2 is 2.12 bits per heavy atom. The summed E-state index contributed by atoms with van der Waals surface area (Å²) in [4.78, 5) is 4.46. The van der Waals surface area contributed by atoms with Gasteiger partial charge in [-0.05, 0) is 20.3 Å². The maximum absolute atomic E-state index is 5.85. The molecule has 0 saturated heterocycles. The molecule has 0 amide bonds. The minimum atomic E-state index is 0. The Morgan fingerprint density at radius 3 is 2.75 bits per heavy atom. The lowest BCUT2D eigenvalue weighted by Crippen LogP contribution is -3.00. The van der Waals surface area contributed by atoms with Gasteiger partial charge in [0.15, 0.2) is 0 Å². The molecule has 16 heavy (non-hydrogen) atoms. The van der Waals surface area contributed by atoms with E-state index in [4.69, 9.17) is 5.73 Å². The van der Waals surface area contributed by atoms with E-state index in [0.29, 0.717) is 5.95 Å². The van der Waals surface area contributed by atoms with E-state index < -0.39 is 0 Å². The van der Waals surface area contributed by atoms with Crippen molar-refractivity contribution in [1.29, 1.82) is 0 Å². The van der Waals surface area contributed by atoms with Crippen molar-refractivity contribution in [1.82, 2.24) is 14.6 Å². The number of nitrogens with zero attached hydrogens (tertiary/aromatic N) is 4. The molecule has 88 valence electrons. The van der Waals surface area contributed by atoms with E-state index >= 15 is 0 Å². The molecule has 2 rings (SSSR count). The molecule has 0 spiro atoms. The van der Waals surface area contributed by atoms with Crippen molar-refractivity contribution in [3.8, 4) is 0 Å². The van der Waals surface area contributed by atoms with Crippen LogP contribution in [-0.4, -0.2) is 14.6 Å². The minimum Gasteiger partial charge on any atom is -1.00 e. The maximum Gasteiger partial charge on any atom is 0.358 e. The number of nitrogen functional groups attached to an aromatic ring is 1. The number of anilines is 1. The number of halogens is 1. The molecular weight excluding hydrogens is 226 g/mol. The zero-order chi connectivity index (χ0) is 11.0. The molecule has 0 radical (unpaired) electrons. The largest absolute Gasteiger partial charge is 1.00 e. The molecular formula is C10H16ClN5. The molecule has 5 nitrogen and oxygen atoms in total. The van der Waals surface area contributed by atoms with Gasteiger partial charge < -0.3 is 18.1 Å². The summed E-state index contributed by atoms with van der Waals surface area (Å²) in [5.41, 5.74) is 7.89. The Bertz CT molecular complexity index is 505. The van der Waals surface area contributed by atoms with Crippen molar-refractivity contribution < 1.29 is 17.0 Å². The molecule has 2 aromatic heterocycles. The normalized spacial score (nSPS) is 10.4. The number of aryl methyl sites for hydroxylation is 3. The summed E-state index contributed by atoms with van der Waals surface area (Å²) in [6, 6.07) is 2.00. The van der Waals surface area contributed by atoms with Crippen LogP contribution in [0.15, 0.2) is 6.07 Å². The standard InChI is InChI=1S/C10H16N5.ClH/c1-4-5-14-9(11)13-15-8(3)6-7(2)12-10(14)15;/h6H,4-5H2,1-3H3,(H2,11,13);1H/q+1;/p-1. The number of fused-ring (bicyclic) bond motifs is 1. The fourth-order valence-corrected chi connectivity index (χ4v) is 1.75. The van der Waals surface area contributed by atoms with Gasteiger partial charge in [-0.25, -0.2) is 4.57 Å². The summed E-state index contributed by atoms with van der Waals surface area (Å²) in [6.45, 7) is 6.95. The fraction of sp³-hybridized carbons (Fsp3) is 0.500. The summed E-state index contributed by atoms with van der Waals surface area (Å²) >= 11 is 0. The number of hydrogen-bond acceptors (Lipinski definition) is 3. The number of hydrogen-bond donors (Lipinski definition) is 1. The van der Waals surface area contributed by atoms with Crippen LogP contribution in [0.2, 0.25) is 0 Å². The summed E-state index contributed by atoms with van der Waals surface area (Å²) < 4.78 is 3.73. The van der Waals surface area contributed by atoms with Crippen molar-refractivity contribution in [2.75, 3.05) is 5.73 Å². The molecule has 6 heteroatoms. The number of nitrogens with two attached hydrogens (primary N) is 1. The van der Waals surface area contributed by atoms with Gasteiger partial charge in [0.2, 0.25) is 0 Å². The van der Waals surface area contributed by atoms with E-state index in [1.54, 1.807) is 4.52 Å². The Balaban J connectivity index is 0.00000128. The molecule has 2 N–H and O–H groups in total. The smallest absolute Gasteiger partial charge is 0.358 e. The third-order valence-electron chi connectivity index (χ3n) is 2.39. The van der Waals surface area contributed by atoms with Crippen LogP contribution in [-0.2, 0) is 6.54 Å². The third-order valence-corrected chi connectivity index (χ3v) is 2.39. The second kappa shape index (κ2) is 4.65. The molecule has 0 fully saturated rings. The molecule has 0 aliphatic rings. The molecule has 0 aliphatic heterocycles. The highest BCUT2D eigenvalue weighted by atomic mass is 35.5.